The van der Waals surface area contributed by atoms with Gasteiger partial charge in [-0.2, -0.15) is 0 Å². The largest absolute Gasteiger partial charge is 0.372 e. The quantitative estimate of drug-likeness (QED) is 0.340. The summed E-state index contributed by atoms with van der Waals surface area (Å²) in [7, 11) is -4.49. The summed E-state index contributed by atoms with van der Waals surface area (Å²) in [6, 6.07) is 12.8. The van der Waals surface area contributed by atoms with E-state index < -0.39 is 51.1 Å². The number of ether oxygens (including phenoxy) is 1. The Morgan fingerprint density at radius 1 is 1.10 bits per heavy atom. The predicted octanol–water partition coefficient (Wildman–Crippen LogP) is 5.02. The SMILES string of the molecule is FC1(F)CC1.O=C(NCc1cc2nc(-c3ccccn3)ccc2cn1)c1cc(F)c2c(c1)S(=O)(=O)[C@@H](F)COC2.[HH]. The third-order valence-corrected chi connectivity index (χ3v) is 7.96. The molecule has 2 aliphatic rings. The van der Waals surface area contributed by atoms with Gasteiger partial charge in [0.2, 0.25) is 21.3 Å². The van der Waals surface area contributed by atoms with Gasteiger partial charge in [0.15, 0.2) is 0 Å². The molecule has 0 spiro atoms. The second kappa shape index (κ2) is 10.9. The highest BCUT2D eigenvalue weighted by atomic mass is 32.2. The normalized spacial score (nSPS) is 18.6. The number of sulfone groups is 1. The summed E-state index contributed by atoms with van der Waals surface area (Å²) in [6.45, 7) is -1.14. The highest BCUT2D eigenvalue weighted by Crippen LogP contribution is 2.40. The molecule has 8 nitrogen and oxygen atoms in total. The van der Waals surface area contributed by atoms with Gasteiger partial charge in [0.25, 0.3) is 5.91 Å². The Labute approximate surface area is 227 Å². The van der Waals surface area contributed by atoms with Gasteiger partial charge < -0.3 is 10.1 Å². The number of benzene rings is 1. The first-order chi connectivity index (χ1) is 19.0. The molecular weight excluding hydrogens is 552 g/mol. The van der Waals surface area contributed by atoms with E-state index in [4.69, 9.17) is 4.74 Å². The maximum Gasteiger partial charge on any atom is 0.251 e. The Kier molecular flexibility index (Phi) is 7.51. The van der Waals surface area contributed by atoms with E-state index in [1.165, 1.54) is 0 Å². The first kappa shape index (κ1) is 27.6. The molecule has 1 amide bonds. The molecule has 1 atom stereocenters. The predicted molar refractivity (Wildman–Crippen MR) is 138 cm³/mol. The van der Waals surface area contributed by atoms with Gasteiger partial charge in [0.1, 0.15) is 5.82 Å². The van der Waals surface area contributed by atoms with Crippen molar-refractivity contribution in [3.05, 3.63) is 83.6 Å². The van der Waals surface area contributed by atoms with Crippen LogP contribution in [-0.4, -0.2) is 47.3 Å². The number of hydrogen-bond donors (Lipinski definition) is 1. The molecule has 4 heterocycles. The summed E-state index contributed by atoms with van der Waals surface area (Å²) in [4.78, 5) is 25.3. The minimum absolute atomic E-state index is 0. The van der Waals surface area contributed by atoms with Crippen molar-refractivity contribution in [2.24, 2.45) is 0 Å². The first-order valence-corrected chi connectivity index (χ1v) is 13.7. The number of fused-ring (bicyclic) bond motifs is 2. The van der Waals surface area contributed by atoms with Crippen LogP contribution in [0, 0.1) is 5.82 Å². The molecule has 40 heavy (non-hydrogen) atoms. The number of pyridine rings is 3. The molecule has 13 heteroatoms. The van der Waals surface area contributed by atoms with E-state index >= 15 is 0 Å². The fourth-order valence-corrected chi connectivity index (χ4v) is 5.14. The highest BCUT2D eigenvalue weighted by Gasteiger charge is 2.43. The Morgan fingerprint density at radius 3 is 2.58 bits per heavy atom. The molecule has 1 saturated carbocycles. The third kappa shape index (κ3) is 6.10. The van der Waals surface area contributed by atoms with Crippen LogP contribution in [0.15, 0.2) is 65.8 Å². The summed E-state index contributed by atoms with van der Waals surface area (Å²) >= 11 is 0. The van der Waals surface area contributed by atoms with Gasteiger partial charge in [-0.15, -0.1) is 0 Å². The Morgan fingerprint density at radius 2 is 1.88 bits per heavy atom. The topological polar surface area (TPSA) is 111 Å². The van der Waals surface area contributed by atoms with Crippen LogP contribution in [0.5, 0.6) is 0 Å². The zero-order valence-electron chi connectivity index (χ0n) is 20.8. The minimum Gasteiger partial charge on any atom is -0.372 e. The fraction of sp³-hybridized carbons (Fsp3) is 0.259. The molecule has 0 unspecified atom stereocenters. The average Bonchev–Trinajstić information content (AvgIpc) is 3.67. The van der Waals surface area contributed by atoms with Crippen molar-refractivity contribution in [1.29, 1.82) is 0 Å². The van der Waals surface area contributed by atoms with Gasteiger partial charge in [-0.1, -0.05) is 6.07 Å². The number of alkyl halides is 3. The molecule has 0 radical (unpaired) electrons. The van der Waals surface area contributed by atoms with Crippen LogP contribution in [0.1, 0.15) is 35.9 Å². The highest BCUT2D eigenvalue weighted by molar-refractivity contribution is 7.92. The Bertz CT molecular complexity index is 1690. The van der Waals surface area contributed by atoms with Crippen molar-refractivity contribution in [2.75, 3.05) is 6.61 Å². The lowest BCUT2D eigenvalue weighted by Gasteiger charge is -2.11. The zero-order chi connectivity index (χ0) is 28.5. The molecule has 0 saturated heterocycles. The van der Waals surface area contributed by atoms with Gasteiger partial charge in [0, 0.05) is 43.2 Å². The van der Waals surface area contributed by atoms with Gasteiger partial charge in [-0.3, -0.25) is 14.8 Å². The van der Waals surface area contributed by atoms with E-state index in [9.17, 15) is 30.8 Å². The maximum absolute atomic E-state index is 14.6. The Hall–Kier alpha value is -3.97. The van der Waals surface area contributed by atoms with Crippen LogP contribution in [0.25, 0.3) is 22.3 Å². The van der Waals surface area contributed by atoms with Crippen LogP contribution >= 0.6 is 0 Å². The Balaban J connectivity index is 0.000000584. The second-order valence-electron chi connectivity index (χ2n) is 9.22. The number of carbonyl (C=O) groups is 1. The lowest BCUT2D eigenvalue weighted by Crippen LogP contribution is -2.25. The average molecular weight is 577 g/mol. The number of carbonyl (C=O) groups excluding carboxylic acids is 1. The molecule has 0 bridgehead atoms. The van der Waals surface area contributed by atoms with Gasteiger partial charge in [-0.05, 0) is 42.5 Å². The number of aromatic nitrogens is 3. The van der Waals surface area contributed by atoms with E-state index in [1.54, 1.807) is 18.5 Å². The molecule has 3 aromatic heterocycles. The van der Waals surface area contributed by atoms with Crippen molar-refractivity contribution in [2.45, 2.75) is 42.3 Å². The zero-order valence-corrected chi connectivity index (χ0v) is 21.6. The summed E-state index contributed by atoms with van der Waals surface area (Å²) in [5.74, 6) is -3.94. The van der Waals surface area contributed by atoms with Crippen molar-refractivity contribution < 1.29 is 36.9 Å². The number of nitrogens with one attached hydrogen (secondary N) is 1. The summed E-state index contributed by atoms with van der Waals surface area (Å²) in [5, 5.41) is 3.38. The molecule has 1 N–H and O–H groups in total. The number of rotatable bonds is 4. The smallest absolute Gasteiger partial charge is 0.251 e. The minimum atomic E-state index is -4.49. The van der Waals surface area contributed by atoms with Crippen molar-refractivity contribution in [3.8, 4) is 11.4 Å². The third-order valence-electron chi connectivity index (χ3n) is 6.17. The molecule has 4 aromatic rings. The van der Waals surface area contributed by atoms with E-state index in [2.05, 4.69) is 20.3 Å². The van der Waals surface area contributed by atoms with Crippen LogP contribution in [0.3, 0.4) is 0 Å². The monoisotopic (exact) mass is 576 g/mol. The lowest BCUT2D eigenvalue weighted by molar-refractivity contribution is 0.0938. The van der Waals surface area contributed by atoms with E-state index in [-0.39, 0.29) is 31.9 Å². The fourth-order valence-electron chi connectivity index (χ4n) is 3.80. The molecule has 1 fully saturated rings. The summed E-state index contributed by atoms with van der Waals surface area (Å²) in [6.07, 6.45) is 3.52. The van der Waals surface area contributed by atoms with E-state index in [0.29, 0.717) is 22.6 Å². The van der Waals surface area contributed by atoms with Crippen molar-refractivity contribution in [3.63, 3.8) is 0 Å². The first-order valence-electron chi connectivity index (χ1n) is 12.1. The number of nitrogens with zero attached hydrogens (tertiary/aromatic N) is 3. The lowest BCUT2D eigenvalue weighted by atomic mass is 10.1. The molecule has 210 valence electrons. The van der Waals surface area contributed by atoms with Crippen molar-refractivity contribution >= 4 is 26.6 Å². The van der Waals surface area contributed by atoms with Crippen molar-refractivity contribution in [1.82, 2.24) is 20.3 Å². The molecule has 1 aliphatic carbocycles. The van der Waals surface area contributed by atoms with E-state index in [0.717, 1.165) is 17.5 Å². The van der Waals surface area contributed by atoms with Crippen LogP contribution in [0.2, 0.25) is 0 Å². The van der Waals surface area contributed by atoms with E-state index in [1.807, 2.05) is 30.3 Å². The van der Waals surface area contributed by atoms with Gasteiger partial charge >= 0.3 is 0 Å². The number of hydrogen-bond acceptors (Lipinski definition) is 7. The molecule has 6 rings (SSSR count). The van der Waals surface area contributed by atoms with Gasteiger partial charge in [-0.25, -0.2) is 31.0 Å². The molecule has 1 aliphatic heterocycles. The van der Waals surface area contributed by atoms with Crippen LogP contribution in [-0.2, 0) is 27.7 Å². The number of halogens is 4. The summed E-state index contributed by atoms with van der Waals surface area (Å²) < 4.78 is 80.6. The number of amides is 1. The standard InChI is InChI=1S/C24H18F2N4O4S.C3H4F2.H2/c25-18-7-15(8-22-17(18)12-34-13-23(26)35(22,32)33)24(31)29-11-16-9-21-14(10-28-16)4-5-20(30-21)19-3-1-2-6-27-19;4-3(5)1-2-3;/h1-10,23H,11-13H2,(H,29,31);1-2H2;1H/t23-;;/m1../s1. The maximum atomic E-state index is 14.6. The molecular formula is C27H24F4N4O4S. The van der Waals surface area contributed by atoms with Crippen LogP contribution in [0.4, 0.5) is 17.6 Å². The summed E-state index contributed by atoms with van der Waals surface area (Å²) in [5.41, 5.74) is -0.381. The van der Waals surface area contributed by atoms with Gasteiger partial charge in [0.05, 0.1) is 47.3 Å². The van der Waals surface area contributed by atoms with Crippen LogP contribution < -0.4 is 5.32 Å². The molecule has 1 aromatic carbocycles. The second-order valence-corrected chi connectivity index (χ2v) is 11.3.